The summed E-state index contributed by atoms with van der Waals surface area (Å²) in [5.74, 6) is 4.99. The highest BCUT2D eigenvalue weighted by molar-refractivity contribution is 7.45. The van der Waals surface area contributed by atoms with E-state index in [4.69, 9.17) is 30.3 Å². The Kier molecular flexibility index (Phi) is 10.0. The van der Waals surface area contributed by atoms with Crippen LogP contribution in [-0.4, -0.2) is 24.5 Å². The molecule has 13 nitrogen and oxygen atoms in total. The van der Waals surface area contributed by atoms with Crippen LogP contribution in [-0.2, 0) is 4.57 Å². The third kappa shape index (κ3) is 11.2. The summed E-state index contributed by atoms with van der Waals surface area (Å²) in [7, 11) is -4.64. The molecule has 1 aromatic carbocycles. The number of benzene rings is 1. The first kappa shape index (κ1) is 21.7. The van der Waals surface area contributed by atoms with E-state index in [2.05, 4.69) is 5.43 Å². The van der Waals surface area contributed by atoms with Gasteiger partial charge >= 0.3 is 13.5 Å². The molecule has 0 spiro atoms. The number of phosphoric acid groups is 1. The van der Waals surface area contributed by atoms with E-state index in [9.17, 15) is 20.2 Å². The fourth-order valence-corrected chi connectivity index (χ4v) is 0.907. The van der Waals surface area contributed by atoms with Crippen LogP contribution in [0.1, 0.15) is 6.92 Å². The molecule has 1 aromatic rings. The number of nitro groups is 2. The van der Waals surface area contributed by atoms with Crippen molar-refractivity contribution < 1.29 is 29.1 Å². The molecule has 0 saturated heterocycles. The van der Waals surface area contributed by atoms with Crippen molar-refractivity contribution in [3.05, 3.63) is 38.4 Å². The normalized spacial score (nSPS) is 9.09. The topological polar surface area (TPSA) is 226 Å². The lowest BCUT2D eigenvalue weighted by Crippen LogP contribution is -2.09. The van der Waals surface area contributed by atoms with Crippen molar-refractivity contribution in [2.24, 2.45) is 5.84 Å². The quantitative estimate of drug-likeness (QED) is 0.219. The Morgan fingerprint density at radius 1 is 1.27 bits per heavy atom. The zero-order chi connectivity index (χ0) is 17.9. The molecule has 6 N–H and O–H groups in total. The summed E-state index contributed by atoms with van der Waals surface area (Å²) in [6, 6.07) is 4.90. The molecule has 0 saturated carbocycles. The molecule has 122 valence electrons. The number of nitrogens with two attached hydrogens (primary N) is 1. The number of nitriles is 1. The molecule has 0 unspecified atom stereocenters. The minimum absolute atomic E-state index is 0.0283. The van der Waals surface area contributed by atoms with Crippen LogP contribution in [0.3, 0.4) is 0 Å². The standard InChI is InChI=1S/C6H6N4O4.C2H3N.H3O4P/c7-8-5-2-1-4(9(11)12)3-6(5)10(13)14;1-2-3;1-5(2,3)4/h1-3,8H,7H2;1H3;(H3,1,2,3,4). The number of nitrogen functional groups attached to an aromatic ring is 1. The van der Waals surface area contributed by atoms with Gasteiger partial charge in [-0.05, 0) is 6.07 Å². The molecule has 0 atom stereocenters. The van der Waals surface area contributed by atoms with Gasteiger partial charge < -0.3 is 20.1 Å². The molecule has 22 heavy (non-hydrogen) atoms. The maximum atomic E-state index is 10.4. The molecule has 0 aromatic heterocycles. The van der Waals surface area contributed by atoms with Crippen molar-refractivity contribution in [2.75, 3.05) is 5.43 Å². The summed E-state index contributed by atoms with van der Waals surface area (Å²) in [6.45, 7) is 1.43. The second-order valence-corrected chi connectivity index (χ2v) is 4.12. The van der Waals surface area contributed by atoms with E-state index in [0.717, 1.165) is 12.1 Å². The molecular formula is C8H12N5O8P. The van der Waals surface area contributed by atoms with Crippen LogP contribution < -0.4 is 11.3 Å². The van der Waals surface area contributed by atoms with Crippen LogP contribution in [0.5, 0.6) is 0 Å². The summed E-state index contributed by atoms with van der Waals surface area (Å²) < 4.78 is 8.88. The fraction of sp³-hybridized carbons (Fsp3) is 0.125. The van der Waals surface area contributed by atoms with Gasteiger partial charge in [0.15, 0.2) is 0 Å². The van der Waals surface area contributed by atoms with Gasteiger partial charge in [0.2, 0.25) is 0 Å². The lowest BCUT2D eigenvalue weighted by Gasteiger charge is -2.00. The smallest absolute Gasteiger partial charge is 0.318 e. The molecule has 0 bridgehead atoms. The summed E-state index contributed by atoms with van der Waals surface area (Å²) in [5.41, 5.74) is 1.33. The third-order valence-electron chi connectivity index (χ3n) is 1.54. The molecule has 0 aliphatic carbocycles. The molecule has 0 radical (unpaired) electrons. The van der Waals surface area contributed by atoms with Crippen LogP contribution in [0, 0.1) is 31.6 Å². The van der Waals surface area contributed by atoms with Crippen molar-refractivity contribution in [1.29, 1.82) is 5.26 Å². The van der Waals surface area contributed by atoms with Crippen molar-refractivity contribution in [2.45, 2.75) is 6.92 Å². The van der Waals surface area contributed by atoms with E-state index >= 15 is 0 Å². The first-order valence-electron chi connectivity index (χ1n) is 4.96. The number of hydrogen-bond acceptors (Lipinski definition) is 8. The minimum atomic E-state index is -4.64. The number of nitro benzene ring substituents is 2. The van der Waals surface area contributed by atoms with Gasteiger partial charge in [0, 0.05) is 13.0 Å². The van der Waals surface area contributed by atoms with E-state index < -0.39 is 23.4 Å². The average Bonchev–Trinajstić information content (AvgIpc) is 2.36. The Morgan fingerprint density at radius 3 is 1.95 bits per heavy atom. The van der Waals surface area contributed by atoms with E-state index in [0.29, 0.717) is 0 Å². The fourth-order valence-electron chi connectivity index (χ4n) is 0.907. The van der Waals surface area contributed by atoms with Gasteiger partial charge in [0.05, 0.1) is 22.0 Å². The number of nitrogens with zero attached hydrogens (tertiary/aromatic N) is 3. The van der Waals surface area contributed by atoms with Gasteiger partial charge in [-0.2, -0.15) is 5.26 Å². The number of nitrogens with one attached hydrogen (secondary N) is 1. The predicted molar refractivity (Wildman–Crippen MR) is 73.1 cm³/mol. The highest BCUT2D eigenvalue weighted by Gasteiger charge is 2.18. The third-order valence-corrected chi connectivity index (χ3v) is 1.54. The highest BCUT2D eigenvalue weighted by Crippen LogP contribution is 2.27. The van der Waals surface area contributed by atoms with Crippen LogP contribution in [0.2, 0.25) is 0 Å². The highest BCUT2D eigenvalue weighted by atomic mass is 31.2. The number of anilines is 1. The molecule has 0 fully saturated rings. The molecule has 0 heterocycles. The number of rotatable bonds is 3. The molecule has 0 aliphatic rings. The molecule has 0 aliphatic heterocycles. The Bertz CT molecular complexity index is 601. The van der Waals surface area contributed by atoms with Crippen molar-refractivity contribution in [3.63, 3.8) is 0 Å². The first-order valence-corrected chi connectivity index (χ1v) is 6.53. The van der Waals surface area contributed by atoms with Gasteiger partial charge in [0.25, 0.3) is 5.69 Å². The zero-order valence-electron chi connectivity index (χ0n) is 11.0. The van der Waals surface area contributed by atoms with Gasteiger partial charge in [0.1, 0.15) is 5.69 Å². The molecule has 14 heteroatoms. The second kappa shape index (κ2) is 10.2. The van der Waals surface area contributed by atoms with Crippen LogP contribution in [0.4, 0.5) is 17.1 Å². The molecule has 1 rings (SSSR count). The lowest BCUT2D eigenvalue weighted by atomic mass is 10.2. The monoisotopic (exact) mass is 337 g/mol. The van der Waals surface area contributed by atoms with Crippen LogP contribution >= 0.6 is 7.82 Å². The van der Waals surface area contributed by atoms with Gasteiger partial charge in [-0.15, -0.1) is 0 Å². The van der Waals surface area contributed by atoms with Crippen molar-refractivity contribution >= 4 is 24.9 Å². The minimum Gasteiger partial charge on any atom is -0.318 e. The van der Waals surface area contributed by atoms with E-state index in [1.165, 1.54) is 13.0 Å². The molecule has 0 amide bonds. The summed E-state index contributed by atoms with van der Waals surface area (Å²) in [5, 5.41) is 28.1. The maximum Gasteiger partial charge on any atom is 0.466 e. The average molecular weight is 337 g/mol. The second-order valence-electron chi connectivity index (χ2n) is 3.10. The van der Waals surface area contributed by atoms with E-state index in [-0.39, 0.29) is 11.4 Å². The van der Waals surface area contributed by atoms with Crippen molar-refractivity contribution in [1.82, 2.24) is 0 Å². The van der Waals surface area contributed by atoms with Crippen LogP contribution in [0.15, 0.2) is 18.2 Å². The largest absolute Gasteiger partial charge is 0.466 e. The Balaban J connectivity index is 0. The van der Waals surface area contributed by atoms with E-state index in [1.54, 1.807) is 6.07 Å². The van der Waals surface area contributed by atoms with Crippen molar-refractivity contribution in [3.8, 4) is 6.07 Å². The predicted octanol–water partition coefficient (Wildman–Crippen LogP) is 0.390. The maximum absolute atomic E-state index is 10.4. The Morgan fingerprint density at radius 2 is 1.68 bits per heavy atom. The number of non-ortho nitro benzene ring substituents is 1. The van der Waals surface area contributed by atoms with Gasteiger partial charge in [-0.25, -0.2) is 4.57 Å². The van der Waals surface area contributed by atoms with Gasteiger partial charge in [-0.1, -0.05) is 0 Å². The number of hydrazine groups is 1. The zero-order valence-corrected chi connectivity index (χ0v) is 11.9. The molecular weight excluding hydrogens is 325 g/mol. The summed E-state index contributed by atoms with van der Waals surface area (Å²) in [4.78, 5) is 40.8. The summed E-state index contributed by atoms with van der Waals surface area (Å²) in [6.07, 6.45) is 0. The van der Waals surface area contributed by atoms with Crippen LogP contribution in [0.25, 0.3) is 0 Å². The first-order chi connectivity index (χ1) is 9.97. The van der Waals surface area contributed by atoms with Gasteiger partial charge in [-0.3, -0.25) is 26.1 Å². The number of hydrogen-bond donors (Lipinski definition) is 5. The van der Waals surface area contributed by atoms with E-state index in [1.807, 2.05) is 0 Å². The lowest BCUT2D eigenvalue weighted by molar-refractivity contribution is -0.393. The Hall–Kier alpha value is -2.62. The summed E-state index contributed by atoms with van der Waals surface area (Å²) >= 11 is 0. The SMILES string of the molecule is CC#N.NNc1ccc([N+](=O)[O-])cc1[N+](=O)[O-].O=P(O)(O)O. The Labute approximate surface area is 123 Å².